The summed E-state index contributed by atoms with van der Waals surface area (Å²) >= 11 is 0. The normalized spacial score (nSPS) is 25.2. The second kappa shape index (κ2) is 7.06. The summed E-state index contributed by atoms with van der Waals surface area (Å²) in [5, 5.41) is 12.1. The lowest BCUT2D eigenvalue weighted by Crippen LogP contribution is -2.45. The fourth-order valence-corrected chi connectivity index (χ4v) is 3.06. The molecule has 116 valence electrons. The number of hydrogen-bond donors (Lipinski definition) is 2. The maximum atomic E-state index is 12.1. The van der Waals surface area contributed by atoms with E-state index in [9.17, 15) is 18.9 Å². The molecule has 1 fully saturated rings. The maximum Gasteiger partial charge on any atom is 0.317 e. The summed E-state index contributed by atoms with van der Waals surface area (Å²) in [5.74, 6) is -0.278. The molecule has 0 spiro atoms. The van der Waals surface area contributed by atoms with E-state index in [2.05, 4.69) is 5.32 Å². The Balaban J connectivity index is 2.50. The van der Waals surface area contributed by atoms with E-state index >= 15 is 0 Å². The average molecular weight is 304 g/mol. The Kier molecular flexibility index (Phi) is 5.98. The van der Waals surface area contributed by atoms with Crippen molar-refractivity contribution < 1.29 is 18.9 Å². The highest BCUT2D eigenvalue weighted by atomic mass is 32.2. The Bertz CT molecular complexity index is 402. The Morgan fingerprint density at radius 3 is 2.60 bits per heavy atom. The van der Waals surface area contributed by atoms with Gasteiger partial charge in [-0.25, -0.2) is 4.79 Å². The van der Waals surface area contributed by atoms with Crippen molar-refractivity contribution in [1.29, 1.82) is 0 Å². The first-order chi connectivity index (χ1) is 9.30. The predicted octanol–water partition coefficient (Wildman–Crippen LogP) is 1.04. The monoisotopic (exact) mass is 304 g/mol. The number of amides is 2. The Labute approximate surface area is 122 Å². The molecule has 3 atom stereocenters. The highest BCUT2D eigenvalue weighted by Gasteiger charge is 2.44. The minimum Gasteiger partial charge on any atom is -0.481 e. The number of carbonyl (C=O) groups excluding carboxylic acids is 1. The first-order valence-corrected chi connectivity index (χ1v) is 8.62. The maximum absolute atomic E-state index is 12.1. The van der Waals surface area contributed by atoms with Crippen LogP contribution < -0.4 is 5.32 Å². The lowest BCUT2D eigenvalue weighted by molar-refractivity contribution is -0.148. The summed E-state index contributed by atoms with van der Waals surface area (Å²) in [7, 11) is -0.866. The number of carbonyl (C=O) groups is 2. The molecule has 0 radical (unpaired) electrons. The van der Waals surface area contributed by atoms with Crippen molar-refractivity contribution >= 4 is 22.8 Å². The number of likely N-dealkylation sites (tertiary alicyclic amines) is 1. The molecule has 20 heavy (non-hydrogen) atoms. The molecule has 1 saturated heterocycles. The van der Waals surface area contributed by atoms with Gasteiger partial charge in [-0.3, -0.25) is 9.00 Å². The zero-order chi connectivity index (χ0) is 15.3. The van der Waals surface area contributed by atoms with Gasteiger partial charge in [0.25, 0.3) is 0 Å². The van der Waals surface area contributed by atoms with E-state index in [4.69, 9.17) is 0 Å². The highest BCUT2D eigenvalue weighted by molar-refractivity contribution is 7.84. The molecule has 0 bridgehead atoms. The van der Waals surface area contributed by atoms with Crippen LogP contribution in [-0.2, 0) is 15.6 Å². The van der Waals surface area contributed by atoms with E-state index in [0.29, 0.717) is 31.6 Å². The molecule has 1 aliphatic heterocycles. The van der Waals surface area contributed by atoms with E-state index in [1.165, 1.54) is 0 Å². The second-order valence-corrected chi connectivity index (χ2v) is 7.08. The van der Waals surface area contributed by atoms with Gasteiger partial charge in [-0.15, -0.1) is 0 Å². The van der Waals surface area contributed by atoms with E-state index in [0.717, 1.165) is 0 Å². The third-order valence-corrected chi connectivity index (χ3v) is 4.79. The molecule has 0 saturated carbocycles. The Morgan fingerprint density at radius 1 is 1.50 bits per heavy atom. The van der Waals surface area contributed by atoms with Gasteiger partial charge in [0.1, 0.15) is 0 Å². The summed E-state index contributed by atoms with van der Waals surface area (Å²) < 4.78 is 11.0. The van der Waals surface area contributed by atoms with Gasteiger partial charge in [-0.2, -0.15) is 0 Å². The Hall–Kier alpha value is -1.11. The second-order valence-electron chi connectivity index (χ2n) is 5.53. The molecule has 2 N–H and O–H groups in total. The fourth-order valence-electron chi connectivity index (χ4n) is 2.38. The van der Waals surface area contributed by atoms with Crippen molar-refractivity contribution in [3.8, 4) is 0 Å². The number of hydrogen-bond acceptors (Lipinski definition) is 3. The molecule has 1 rings (SSSR count). The molecule has 0 aromatic carbocycles. The standard InChI is InChI=1S/C13H24N2O4S/c1-4-13(11(16)17)6-7-15(9-13)12(18)14-10(2)5-8-20(3)19/h10H,4-9H2,1-3H3,(H,14,18)(H,16,17). The molecule has 7 heteroatoms. The molecule has 0 aromatic heterocycles. The minimum atomic E-state index is -0.866. The summed E-state index contributed by atoms with van der Waals surface area (Å²) in [6.45, 7) is 4.44. The highest BCUT2D eigenvalue weighted by Crippen LogP contribution is 2.34. The van der Waals surface area contributed by atoms with Crippen LogP contribution in [0.2, 0.25) is 0 Å². The third-order valence-electron chi connectivity index (χ3n) is 3.98. The van der Waals surface area contributed by atoms with Gasteiger partial charge in [0.2, 0.25) is 0 Å². The number of nitrogens with one attached hydrogen (secondary N) is 1. The number of urea groups is 1. The lowest BCUT2D eigenvalue weighted by Gasteiger charge is -2.24. The van der Waals surface area contributed by atoms with Crippen molar-refractivity contribution in [3.05, 3.63) is 0 Å². The summed E-state index contributed by atoms with van der Waals surface area (Å²) in [5.41, 5.74) is -0.800. The van der Waals surface area contributed by atoms with Crippen molar-refractivity contribution in [1.82, 2.24) is 10.2 Å². The molecule has 3 unspecified atom stereocenters. The molecule has 0 aliphatic carbocycles. The smallest absolute Gasteiger partial charge is 0.317 e. The Morgan fingerprint density at radius 2 is 2.15 bits per heavy atom. The molecule has 2 amide bonds. The summed E-state index contributed by atoms with van der Waals surface area (Å²) in [6, 6.07) is -0.288. The van der Waals surface area contributed by atoms with Crippen LogP contribution in [0.3, 0.4) is 0 Å². The number of aliphatic carboxylic acids is 1. The quantitative estimate of drug-likeness (QED) is 0.767. The minimum absolute atomic E-state index is 0.0622. The fraction of sp³-hybridized carbons (Fsp3) is 0.846. The van der Waals surface area contributed by atoms with E-state index in [-0.39, 0.29) is 18.6 Å². The van der Waals surface area contributed by atoms with Crippen LogP contribution in [0, 0.1) is 5.41 Å². The van der Waals surface area contributed by atoms with Gasteiger partial charge in [0, 0.05) is 41.9 Å². The van der Waals surface area contributed by atoms with E-state index < -0.39 is 22.2 Å². The topological polar surface area (TPSA) is 86.7 Å². The first-order valence-electron chi connectivity index (χ1n) is 6.89. The van der Waals surface area contributed by atoms with Crippen molar-refractivity contribution in [2.45, 2.75) is 39.2 Å². The molecule has 6 nitrogen and oxygen atoms in total. The molecule has 1 aliphatic rings. The summed E-state index contributed by atoms with van der Waals surface area (Å²) in [4.78, 5) is 25.0. The molecular formula is C13H24N2O4S. The summed E-state index contributed by atoms with van der Waals surface area (Å²) in [6.07, 6.45) is 3.31. The SMILES string of the molecule is CCC1(C(=O)O)CCN(C(=O)NC(C)CCS(C)=O)C1. The van der Waals surface area contributed by atoms with E-state index in [1.54, 1.807) is 11.2 Å². The van der Waals surface area contributed by atoms with Crippen LogP contribution in [0.1, 0.15) is 33.1 Å². The van der Waals surface area contributed by atoms with Gasteiger partial charge >= 0.3 is 12.0 Å². The zero-order valence-corrected chi connectivity index (χ0v) is 13.2. The molecular weight excluding hydrogens is 280 g/mol. The van der Waals surface area contributed by atoms with Crippen LogP contribution in [0.5, 0.6) is 0 Å². The van der Waals surface area contributed by atoms with Gasteiger partial charge in [0.15, 0.2) is 0 Å². The number of carboxylic acid groups (broad SMARTS) is 1. The van der Waals surface area contributed by atoms with Crippen molar-refractivity contribution in [2.75, 3.05) is 25.1 Å². The van der Waals surface area contributed by atoms with Crippen LogP contribution in [0.4, 0.5) is 4.79 Å². The van der Waals surface area contributed by atoms with Crippen molar-refractivity contribution in [3.63, 3.8) is 0 Å². The first kappa shape index (κ1) is 16.9. The van der Waals surface area contributed by atoms with Crippen molar-refractivity contribution in [2.24, 2.45) is 5.41 Å². The number of nitrogens with zero attached hydrogens (tertiary/aromatic N) is 1. The molecule has 1 heterocycles. The average Bonchev–Trinajstić information content (AvgIpc) is 2.82. The largest absolute Gasteiger partial charge is 0.481 e. The van der Waals surface area contributed by atoms with Gasteiger partial charge in [0.05, 0.1) is 5.41 Å². The zero-order valence-electron chi connectivity index (χ0n) is 12.3. The van der Waals surface area contributed by atoms with Gasteiger partial charge < -0.3 is 15.3 Å². The van der Waals surface area contributed by atoms with Gasteiger partial charge in [-0.1, -0.05) is 6.92 Å². The van der Waals surface area contributed by atoms with Crippen LogP contribution in [-0.4, -0.2) is 57.4 Å². The van der Waals surface area contributed by atoms with E-state index in [1.807, 2.05) is 13.8 Å². The predicted molar refractivity (Wildman–Crippen MR) is 78.1 cm³/mol. The van der Waals surface area contributed by atoms with Gasteiger partial charge in [-0.05, 0) is 26.2 Å². The number of carboxylic acids is 1. The number of rotatable bonds is 6. The third kappa shape index (κ3) is 4.19. The lowest BCUT2D eigenvalue weighted by atomic mass is 9.84. The van der Waals surface area contributed by atoms with Crippen LogP contribution in [0.15, 0.2) is 0 Å². The van der Waals surface area contributed by atoms with Crippen LogP contribution in [0.25, 0.3) is 0 Å². The molecule has 0 aromatic rings. The van der Waals surface area contributed by atoms with Crippen LogP contribution >= 0.6 is 0 Å².